The highest BCUT2D eigenvalue weighted by molar-refractivity contribution is 5.67. The fraction of sp³-hybridized carbons (Fsp3) is 0.273. The second kappa shape index (κ2) is 5.12. The van der Waals surface area contributed by atoms with Crippen LogP contribution in [-0.2, 0) is 4.79 Å². The minimum Gasteiger partial charge on any atom is -0.490 e. The van der Waals surface area contributed by atoms with E-state index in [0.717, 1.165) is 6.07 Å². The van der Waals surface area contributed by atoms with E-state index in [1.807, 2.05) is 0 Å². The first-order chi connectivity index (χ1) is 7.52. The molecule has 4 nitrogen and oxygen atoms in total. The third-order valence-corrected chi connectivity index (χ3v) is 1.86. The zero-order chi connectivity index (χ0) is 12.1. The van der Waals surface area contributed by atoms with Crippen molar-refractivity contribution in [3.05, 3.63) is 29.6 Å². The smallest absolute Gasteiger partial charge is 0.307 e. The van der Waals surface area contributed by atoms with Crippen molar-refractivity contribution in [1.29, 1.82) is 5.26 Å². The molecule has 0 heterocycles. The Morgan fingerprint density at radius 3 is 2.88 bits per heavy atom. The summed E-state index contributed by atoms with van der Waals surface area (Å²) >= 11 is 0. The van der Waals surface area contributed by atoms with Gasteiger partial charge in [0.1, 0.15) is 23.7 Å². The molecule has 5 heteroatoms. The van der Waals surface area contributed by atoms with Crippen molar-refractivity contribution in [3.63, 3.8) is 0 Å². The van der Waals surface area contributed by atoms with Crippen LogP contribution in [-0.4, -0.2) is 17.2 Å². The largest absolute Gasteiger partial charge is 0.490 e. The molecule has 1 aromatic rings. The van der Waals surface area contributed by atoms with Crippen LogP contribution >= 0.6 is 0 Å². The molecule has 0 unspecified atom stereocenters. The molecule has 0 amide bonds. The maximum Gasteiger partial charge on any atom is 0.307 e. The Balaban J connectivity index is 2.72. The van der Waals surface area contributed by atoms with Crippen molar-refractivity contribution in [2.24, 2.45) is 0 Å². The Bertz CT molecular complexity index is 439. The fourth-order valence-corrected chi connectivity index (χ4v) is 1.18. The molecule has 84 valence electrons. The predicted octanol–water partition coefficient (Wildman–Crippen LogP) is 1.94. The summed E-state index contributed by atoms with van der Waals surface area (Å²) in [5, 5.41) is 17.0. The Morgan fingerprint density at radius 1 is 1.69 bits per heavy atom. The van der Waals surface area contributed by atoms with Gasteiger partial charge in [0.15, 0.2) is 0 Å². The summed E-state index contributed by atoms with van der Waals surface area (Å²) in [4.78, 5) is 10.4. The fourth-order valence-electron chi connectivity index (χ4n) is 1.18. The van der Waals surface area contributed by atoms with Gasteiger partial charge in [0.2, 0.25) is 0 Å². The highest BCUT2D eigenvalue weighted by Gasteiger charge is 2.10. The first-order valence-corrected chi connectivity index (χ1v) is 4.61. The van der Waals surface area contributed by atoms with E-state index < -0.39 is 17.9 Å². The Labute approximate surface area is 91.9 Å². The molecule has 1 N–H and O–H groups in total. The average Bonchev–Trinajstić information content (AvgIpc) is 2.16. The van der Waals surface area contributed by atoms with Crippen molar-refractivity contribution >= 4 is 5.97 Å². The number of rotatable bonds is 4. The van der Waals surface area contributed by atoms with E-state index in [-0.39, 0.29) is 17.7 Å². The third-order valence-electron chi connectivity index (χ3n) is 1.86. The van der Waals surface area contributed by atoms with Crippen molar-refractivity contribution in [1.82, 2.24) is 0 Å². The van der Waals surface area contributed by atoms with E-state index in [1.165, 1.54) is 12.1 Å². The summed E-state index contributed by atoms with van der Waals surface area (Å²) in [5.74, 6) is -1.45. The molecular weight excluding hydrogens is 213 g/mol. The van der Waals surface area contributed by atoms with Crippen LogP contribution in [0.5, 0.6) is 5.75 Å². The minimum atomic E-state index is -0.985. The lowest BCUT2D eigenvalue weighted by Crippen LogP contribution is -2.16. The monoisotopic (exact) mass is 223 g/mol. The zero-order valence-electron chi connectivity index (χ0n) is 8.61. The number of carbonyl (C=O) groups is 1. The summed E-state index contributed by atoms with van der Waals surface area (Å²) in [7, 11) is 0. The van der Waals surface area contributed by atoms with Crippen LogP contribution < -0.4 is 4.74 Å². The van der Waals surface area contributed by atoms with Crippen LogP contribution in [0.3, 0.4) is 0 Å². The average molecular weight is 223 g/mol. The molecule has 1 atom stereocenters. The number of halogens is 1. The molecule has 0 aliphatic heterocycles. The van der Waals surface area contributed by atoms with Gasteiger partial charge >= 0.3 is 5.97 Å². The van der Waals surface area contributed by atoms with Crippen LogP contribution in [0.25, 0.3) is 0 Å². The maximum atomic E-state index is 13.1. The lowest BCUT2D eigenvalue weighted by Gasteiger charge is -2.12. The molecule has 0 bridgehead atoms. The Hall–Kier alpha value is -2.09. The first kappa shape index (κ1) is 12.0. The highest BCUT2D eigenvalue weighted by Crippen LogP contribution is 2.17. The summed E-state index contributed by atoms with van der Waals surface area (Å²) in [6, 6.07) is 5.47. The number of benzene rings is 1. The molecule has 0 aliphatic carbocycles. The zero-order valence-corrected chi connectivity index (χ0v) is 8.61. The summed E-state index contributed by atoms with van der Waals surface area (Å²) in [6.45, 7) is 1.57. The molecule has 0 spiro atoms. The van der Waals surface area contributed by atoms with Gasteiger partial charge in [-0.2, -0.15) is 5.26 Å². The van der Waals surface area contributed by atoms with Crippen LogP contribution in [0.2, 0.25) is 0 Å². The standard InChI is InChI=1S/C11H10FNO3/c1-7(4-11(14)15)16-9-3-2-8(6-13)10(12)5-9/h2-3,5,7H,4H2,1H3,(H,14,15)/t7-/m1/s1. The first-order valence-electron chi connectivity index (χ1n) is 4.61. The molecule has 0 aromatic heterocycles. The molecule has 0 radical (unpaired) electrons. The van der Waals surface area contributed by atoms with Crippen molar-refractivity contribution < 1.29 is 19.0 Å². The second-order valence-corrected chi connectivity index (χ2v) is 3.28. The lowest BCUT2D eigenvalue weighted by molar-refractivity contribution is -0.138. The van der Waals surface area contributed by atoms with Gasteiger partial charge < -0.3 is 9.84 Å². The van der Waals surface area contributed by atoms with Crippen LogP contribution in [0, 0.1) is 17.1 Å². The highest BCUT2D eigenvalue weighted by atomic mass is 19.1. The molecular formula is C11H10FNO3. The summed E-state index contributed by atoms with van der Waals surface area (Å²) in [6.07, 6.45) is -0.716. The van der Waals surface area contributed by atoms with Crippen LogP contribution in [0.1, 0.15) is 18.9 Å². The number of carboxylic acids is 1. The minimum absolute atomic E-state index is 0.0711. The molecule has 0 saturated heterocycles. The number of hydrogen-bond acceptors (Lipinski definition) is 3. The van der Waals surface area contributed by atoms with Gasteiger partial charge in [-0.15, -0.1) is 0 Å². The Kier molecular flexibility index (Phi) is 3.84. The quantitative estimate of drug-likeness (QED) is 0.846. The van der Waals surface area contributed by atoms with E-state index in [4.69, 9.17) is 15.1 Å². The number of nitriles is 1. The van der Waals surface area contributed by atoms with E-state index >= 15 is 0 Å². The van der Waals surface area contributed by atoms with Gasteiger partial charge in [-0.1, -0.05) is 0 Å². The topological polar surface area (TPSA) is 70.3 Å². The number of aliphatic carboxylic acids is 1. The normalized spacial score (nSPS) is 11.6. The van der Waals surface area contributed by atoms with Crippen molar-refractivity contribution in [2.75, 3.05) is 0 Å². The van der Waals surface area contributed by atoms with Crippen molar-refractivity contribution in [3.8, 4) is 11.8 Å². The lowest BCUT2D eigenvalue weighted by atomic mass is 10.2. The number of hydrogen-bond donors (Lipinski definition) is 1. The van der Waals surface area contributed by atoms with Crippen molar-refractivity contribution in [2.45, 2.75) is 19.4 Å². The molecule has 16 heavy (non-hydrogen) atoms. The van der Waals surface area contributed by atoms with E-state index in [1.54, 1.807) is 13.0 Å². The number of ether oxygens (including phenoxy) is 1. The van der Waals surface area contributed by atoms with Gasteiger partial charge in [-0.25, -0.2) is 4.39 Å². The van der Waals surface area contributed by atoms with Crippen LogP contribution in [0.15, 0.2) is 18.2 Å². The van der Waals surface area contributed by atoms with Gasteiger partial charge in [-0.3, -0.25) is 4.79 Å². The maximum absolute atomic E-state index is 13.1. The molecule has 0 saturated carbocycles. The van der Waals surface area contributed by atoms with Gasteiger partial charge in [-0.05, 0) is 19.1 Å². The summed E-state index contributed by atoms with van der Waals surface area (Å²) in [5.41, 5.74) is -0.0711. The second-order valence-electron chi connectivity index (χ2n) is 3.28. The number of nitrogens with zero attached hydrogens (tertiary/aromatic N) is 1. The molecule has 0 aliphatic rings. The number of carboxylic acid groups (broad SMARTS) is 1. The van der Waals surface area contributed by atoms with Gasteiger partial charge in [0.25, 0.3) is 0 Å². The molecule has 1 aromatic carbocycles. The third kappa shape index (κ3) is 3.24. The summed E-state index contributed by atoms with van der Waals surface area (Å²) < 4.78 is 18.3. The van der Waals surface area contributed by atoms with Crippen LogP contribution in [0.4, 0.5) is 4.39 Å². The SMILES string of the molecule is C[C@H](CC(=O)O)Oc1ccc(C#N)c(F)c1. The van der Waals surface area contributed by atoms with E-state index in [0.29, 0.717) is 0 Å². The van der Waals surface area contributed by atoms with Gasteiger partial charge in [0.05, 0.1) is 12.0 Å². The molecule has 1 rings (SSSR count). The molecule has 0 fully saturated rings. The van der Waals surface area contributed by atoms with Gasteiger partial charge in [0, 0.05) is 6.07 Å². The van der Waals surface area contributed by atoms with E-state index in [9.17, 15) is 9.18 Å². The Morgan fingerprint density at radius 2 is 2.38 bits per heavy atom. The van der Waals surface area contributed by atoms with E-state index in [2.05, 4.69) is 0 Å². The predicted molar refractivity (Wildman–Crippen MR) is 53.5 cm³/mol.